The number of nitrogens with zero attached hydrogens (tertiary/aromatic N) is 4. The van der Waals surface area contributed by atoms with E-state index in [4.69, 9.17) is 0 Å². The van der Waals surface area contributed by atoms with Crippen LogP contribution >= 0.6 is 0 Å². The van der Waals surface area contributed by atoms with Crippen molar-refractivity contribution in [2.45, 2.75) is 39.0 Å². The normalized spacial score (nSPS) is 15.3. The van der Waals surface area contributed by atoms with Gasteiger partial charge in [-0.25, -0.2) is 4.68 Å². The lowest BCUT2D eigenvalue weighted by atomic mass is 10.1. The summed E-state index contributed by atoms with van der Waals surface area (Å²) in [5, 5.41) is 8.12. The molecule has 0 unspecified atom stereocenters. The van der Waals surface area contributed by atoms with Gasteiger partial charge in [-0.3, -0.25) is 4.79 Å². The van der Waals surface area contributed by atoms with Crippen molar-refractivity contribution in [2.24, 2.45) is 0 Å². The second-order valence-corrected chi connectivity index (χ2v) is 6.11. The van der Waals surface area contributed by atoms with E-state index in [0.717, 1.165) is 30.8 Å². The summed E-state index contributed by atoms with van der Waals surface area (Å²) in [5.74, 6) is 0.192. The minimum atomic E-state index is 0.192. The molecule has 2 aromatic rings. The smallest absolute Gasteiger partial charge is 0.172 e. The minimum absolute atomic E-state index is 0.192. The lowest BCUT2D eigenvalue weighted by Crippen LogP contribution is -2.29. The summed E-state index contributed by atoms with van der Waals surface area (Å²) in [4.78, 5) is 13.5. The van der Waals surface area contributed by atoms with Crippen LogP contribution < -0.4 is 4.90 Å². The Labute approximate surface area is 130 Å². The van der Waals surface area contributed by atoms with Crippen LogP contribution in [0.1, 0.15) is 55.2 Å². The third kappa shape index (κ3) is 2.75. The van der Waals surface area contributed by atoms with Crippen LogP contribution in [0, 0.1) is 0 Å². The molecule has 1 aliphatic rings. The fourth-order valence-corrected chi connectivity index (χ4v) is 3.07. The summed E-state index contributed by atoms with van der Waals surface area (Å²) in [6, 6.07) is 8.37. The van der Waals surface area contributed by atoms with Crippen molar-refractivity contribution in [2.75, 3.05) is 18.0 Å². The molecule has 0 radical (unpaired) electrons. The summed E-state index contributed by atoms with van der Waals surface area (Å²) in [6.07, 6.45) is 4.65. The Kier molecular flexibility index (Phi) is 4.22. The number of piperidine rings is 1. The number of aldehydes is 1. The molecule has 1 aliphatic heterocycles. The average Bonchev–Trinajstić information content (AvgIpc) is 3.00. The second-order valence-electron chi connectivity index (χ2n) is 6.11. The highest BCUT2D eigenvalue weighted by atomic mass is 16.1. The van der Waals surface area contributed by atoms with E-state index in [1.165, 1.54) is 24.9 Å². The van der Waals surface area contributed by atoms with Crippen molar-refractivity contribution < 1.29 is 4.79 Å². The molecule has 0 amide bonds. The van der Waals surface area contributed by atoms with E-state index >= 15 is 0 Å². The van der Waals surface area contributed by atoms with Crippen LogP contribution in [-0.4, -0.2) is 34.4 Å². The molecule has 0 N–H and O–H groups in total. The van der Waals surface area contributed by atoms with Crippen LogP contribution in [0.4, 0.5) is 5.69 Å². The summed E-state index contributed by atoms with van der Waals surface area (Å²) in [5.41, 5.74) is 3.49. The predicted molar refractivity (Wildman–Crippen MR) is 86.9 cm³/mol. The van der Waals surface area contributed by atoms with Gasteiger partial charge < -0.3 is 4.90 Å². The maximum absolute atomic E-state index is 11.1. The second kappa shape index (κ2) is 6.30. The topological polar surface area (TPSA) is 51.0 Å². The van der Waals surface area contributed by atoms with Crippen molar-refractivity contribution in [3.8, 4) is 5.69 Å². The van der Waals surface area contributed by atoms with Crippen molar-refractivity contribution in [1.82, 2.24) is 15.0 Å². The first-order valence-corrected chi connectivity index (χ1v) is 7.97. The zero-order chi connectivity index (χ0) is 15.5. The molecule has 0 aliphatic carbocycles. The highest BCUT2D eigenvalue weighted by Crippen LogP contribution is 2.24. The van der Waals surface area contributed by atoms with Crippen molar-refractivity contribution in [3.63, 3.8) is 0 Å². The molecular weight excluding hydrogens is 276 g/mol. The van der Waals surface area contributed by atoms with E-state index in [-0.39, 0.29) is 5.92 Å². The van der Waals surface area contributed by atoms with Crippen LogP contribution in [0.5, 0.6) is 0 Å². The Morgan fingerprint density at radius 1 is 1.05 bits per heavy atom. The third-order valence-electron chi connectivity index (χ3n) is 4.21. The number of carbonyl (C=O) groups is 1. The Hall–Kier alpha value is -2.17. The Morgan fingerprint density at radius 3 is 2.27 bits per heavy atom. The molecule has 0 atom stereocenters. The van der Waals surface area contributed by atoms with E-state index in [9.17, 15) is 4.79 Å². The molecule has 1 aromatic carbocycles. The summed E-state index contributed by atoms with van der Waals surface area (Å²) >= 11 is 0. The van der Waals surface area contributed by atoms with E-state index in [0.29, 0.717) is 5.69 Å². The maximum atomic E-state index is 11.1. The average molecular weight is 298 g/mol. The van der Waals surface area contributed by atoms with Gasteiger partial charge in [-0.05, 0) is 49.4 Å². The summed E-state index contributed by atoms with van der Waals surface area (Å²) in [7, 11) is 0. The Balaban J connectivity index is 1.89. The zero-order valence-electron chi connectivity index (χ0n) is 13.2. The van der Waals surface area contributed by atoms with Gasteiger partial charge in [-0.1, -0.05) is 19.1 Å². The first-order chi connectivity index (χ1) is 10.7. The van der Waals surface area contributed by atoms with E-state index < -0.39 is 0 Å². The monoisotopic (exact) mass is 298 g/mol. The Bertz CT molecular complexity index is 639. The highest BCUT2D eigenvalue weighted by molar-refractivity contribution is 5.74. The van der Waals surface area contributed by atoms with Crippen LogP contribution in [0.25, 0.3) is 5.69 Å². The molecule has 3 rings (SSSR count). The fourth-order valence-electron chi connectivity index (χ4n) is 3.07. The van der Waals surface area contributed by atoms with Gasteiger partial charge in [0.05, 0.1) is 11.4 Å². The van der Waals surface area contributed by atoms with Gasteiger partial charge in [0.1, 0.15) is 5.69 Å². The maximum Gasteiger partial charge on any atom is 0.172 e. The standard InChI is InChI=1S/C17H22N4O/c1-13(2)17-16(12-22)18-19-21(17)15-8-6-14(7-9-15)20-10-4-3-5-11-20/h6-9,12-13H,3-5,10-11H2,1-2H3. The predicted octanol–water partition coefficient (Wildman–Crippen LogP) is 3.19. The molecule has 22 heavy (non-hydrogen) atoms. The molecule has 0 spiro atoms. The lowest BCUT2D eigenvalue weighted by molar-refractivity contribution is 0.111. The zero-order valence-corrected chi connectivity index (χ0v) is 13.2. The van der Waals surface area contributed by atoms with Gasteiger partial charge >= 0.3 is 0 Å². The minimum Gasteiger partial charge on any atom is -0.372 e. The number of rotatable bonds is 4. The molecule has 1 fully saturated rings. The molecule has 5 nitrogen and oxygen atoms in total. The van der Waals surface area contributed by atoms with Crippen molar-refractivity contribution >= 4 is 12.0 Å². The first-order valence-electron chi connectivity index (χ1n) is 7.97. The molecule has 5 heteroatoms. The van der Waals surface area contributed by atoms with Crippen LogP contribution in [0.2, 0.25) is 0 Å². The number of anilines is 1. The molecule has 1 aromatic heterocycles. The molecule has 116 valence electrons. The van der Waals surface area contributed by atoms with Crippen molar-refractivity contribution in [1.29, 1.82) is 0 Å². The number of aromatic nitrogens is 3. The van der Waals surface area contributed by atoms with Gasteiger partial charge in [-0.2, -0.15) is 0 Å². The van der Waals surface area contributed by atoms with E-state index in [2.05, 4.69) is 39.5 Å². The number of hydrogen-bond donors (Lipinski definition) is 0. The third-order valence-corrected chi connectivity index (χ3v) is 4.21. The lowest BCUT2D eigenvalue weighted by Gasteiger charge is -2.28. The van der Waals surface area contributed by atoms with Gasteiger partial charge in [0.2, 0.25) is 0 Å². The highest BCUT2D eigenvalue weighted by Gasteiger charge is 2.17. The van der Waals surface area contributed by atoms with Gasteiger partial charge in [0.25, 0.3) is 0 Å². The number of hydrogen-bond acceptors (Lipinski definition) is 4. The SMILES string of the molecule is CC(C)c1c(C=O)nnn1-c1ccc(N2CCCCC2)cc1. The van der Waals surface area contributed by atoms with E-state index in [1.54, 1.807) is 4.68 Å². The van der Waals surface area contributed by atoms with Gasteiger partial charge in [0, 0.05) is 18.8 Å². The molecule has 1 saturated heterocycles. The van der Waals surface area contributed by atoms with Crippen molar-refractivity contribution in [3.05, 3.63) is 35.7 Å². The number of benzene rings is 1. The quantitative estimate of drug-likeness (QED) is 0.813. The van der Waals surface area contributed by atoms with Gasteiger partial charge in [-0.15, -0.1) is 5.10 Å². The largest absolute Gasteiger partial charge is 0.372 e. The van der Waals surface area contributed by atoms with Crippen LogP contribution in [0.3, 0.4) is 0 Å². The molecule has 0 bridgehead atoms. The Morgan fingerprint density at radius 2 is 1.68 bits per heavy atom. The van der Waals surface area contributed by atoms with E-state index in [1.807, 2.05) is 13.8 Å². The number of carbonyl (C=O) groups excluding carboxylic acids is 1. The molecule has 2 heterocycles. The van der Waals surface area contributed by atoms with Crippen LogP contribution in [-0.2, 0) is 0 Å². The fraction of sp³-hybridized carbons (Fsp3) is 0.471. The molecule has 0 saturated carbocycles. The summed E-state index contributed by atoms with van der Waals surface area (Å²) in [6.45, 7) is 6.36. The van der Waals surface area contributed by atoms with Gasteiger partial charge in [0.15, 0.2) is 6.29 Å². The first kappa shape index (κ1) is 14.8. The summed E-state index contributed by atoms with van der Waals surface area (Å²) < 4.78 is 1.77. The molecular formula is C17H22N4O. The van der Waals surface area contributed by atoms with Crippen LogP contribution in [0.15, 0.2) is 24.3 Å².